The number of ether oxygens (including phenoxy) is 2. The fraction of sp³-hybridized carbons (Fsp3) is 0.917. The summed E-state index contributed by atoms with van der Waals surface area (Å²) in [5, 5.41) is 0. The molecule has 3 atom stereocenters. The zero-order chi connectivity index (χ0) is 22.1. The van der Waals surface area contributed by atoms with Gasteiger partial charge >= 0.3 is 11.9 Å². The molecule has 0 saturated carbocycles. The van der Waals surface area contributed by atoms with Gasteiger partial charge in [0.15, 0.2) is 0 Å². The van der Waals surface area contributed by atoms with E-state index in [1.165, 1.54) is 0 Å². The van der Waals surface area contributed by atoms with Gasteiger partial charge in [-0.25, -0.2) is 0 Å². The van der Waals surface area contributed by atoms with E-state index in [0.29, 0.717) is 11.8 Å². The van der Waals surface area contributed by atoms with Crippen LogP contribution in [0.3, 0.4) is 0 Å². The Morgan fingerprint density at radius 2 is 1.21 bits per heavy atom. The lowest BCUT2D eigenvalue weighted by Gasteiger charge is -2.37. The number of esters is 2. The molecule has 0 radical (unpaired) electrons. The minimum absolute atomic E-state index is 0.0636. The summed E-state index contributed by atoms with van der Waals surface area (Å²) in [5.41, 5.74) is -0.439. The Kier molecular flexibility index (Phi) is 12.0. The molecule has 0 amide bonds. The minimum atomic E-state index is -0.439. The molecule has 166 valence electrons. The third-order valence-electron chi connectivity index (χ3n) is 5.37. The highest BCUT2D eigenvalue weighted by molar-refractivity contribution is 5.73. The van der Waals surface area contributed by atoms with E-state index in [1.807, 2.05) is 27.7 Å². The first kappa shape index (κ1) is 26.9. The van der Waals surface area contributed by atoms with Crippen molar-refractivity contribution >= 4 is 11.9 Å². The summed E-state index contributed by atoms with van der Waals surface area (Å²) in [6.45, 7) is 21.0. The number of carbonyl (C=O) groups excluding carboxylic acids is 2. The zero-order valence-electron chi connectivity index (χ0n) is 20.1. The van der Waals surface area contributed by atoms with Crippen LogP contribution in [0.15, 0.2) is 0 Å². The van der Waals surface area contributed by atoms with Gasteiger partial charge in [-0.3, -0.25) is 9.59 Å². The van der Waals surface area contributed by atoms with E-state index in [0.717, 1.165) is 25.7 Å². The number of hydrogen-bond acceptors (Lipinski definition) is 4. The first-order valence-electron chi connectivity index (χ1n) is 11.2. The molecular weight excluding hydrogens is 352 g/mol. The average Bonchev–Trinajstić information content (AvgIpc) is 2.59. The van der Waals surface area contributed by atoms with Crippen molar-refractivity contribution in [1.29, 1.82) is 0 Å². The third kappa shape index (κ3) is 9.43. The molecule has 0 bridgehead atoms. The molecule has 0 aromatic rings. The topological polar surface area (TPSA) is 52.6 Å². The van der Waals surface area contributed by atoms with Crippen LogP contribution in [-0.4, -0.2) is 24.6 Å². The van der Waals surface area contributed by atoms with Gasteiger partial charge in [-0.2, -0.15) is 0 Å². The second-order valence-corrected chi connectivity index (χ2v) is 10.2. The van der Waals surface area contributed by atoms with Crippen molar-refractivity contribution in [3.63, 3.8) is 0 Å². The SMILES string of the molecule is CCC(CC(C)C)C(=O)OCC(C)(C)C(OC(=O)C(CC)CC(C)C)C(C)C. The van der Waals surface area contributed by atoms with E-state index < -0.39 is 5.41 Å². The van der Waals surface area contributed by atoms with Gasteiger partial charge in [0.05, 0.1) is 18.4 Å². The van der Waals surface area contributed by atoms with Crippen LogP contribution >= 0.6 is 0 Å². The van der Waals surface area contributed by atoms with Gasteiger partial charge in [0.2, 0.25) is 0 Å². The molecule has 0 heterocycles. The summed E-state index contributed by atoms with van der Waals surface area (Å²) < 4.78 is 11.7. The van der Waals surface area contributed by atoms with Gasteiger partial charge in [-0.15, -0.1) is 0 Å². The van der Waals surface area contributed by atoms with Crippen LogP contribution in [-0.2, 0) is 19.1 Å². The molecule has 0 aliphatic carbocycles. The minimum Gasteiger partial charge on any atom is -0.465 e. The van der Waals surface area contributed by atoms with Crippen LogP contribution in [0, 0.1) is 35.0 Å². The predicted molar refractivity (Wildman–Crippen MR) is 116 cm³/mol. The van der Waals surface area contributed by atoms with Gasteiger partial charge in [-0.1, -0.05) is 69.2 Å². The summed E-state index contributed by atoms with van der Waals surface area (Å²) in [7, 11) is 0. The van der Waals surface area contributed by atoms with Crippen molar-refractivity contribution in [3.05, 3.63) is 0 Å². The van der Waals surface area contributed by atoms with Crippen LogP contribution in [0.1, 0.15) is 94.9 Å². The molecule has 0 aliphatic heterocycles. The summed E-state index contributed by atoms with van der Waals surface area (Å²) >= 11 is 0. The van der Waals surface area contributed by atoms with E-state index >= 15 is 0 Å². The summed E-state index contributed by atoms with van der Waals surface area (Å²) in [6, 6.07) is 0. The largest absolute Gasteiger partial charge is 0.465 e. The molecule has 28 heavy (non-hydrogen) atoms. The molecule has 0 aromatic heterocycles. The molecular formula is C24H46O4. The lowest BCUT2D eigenvalue weighted by Crippen LogP contribution is -2.43. The van der Waals surface area contributed by atoms with Crippen LogP contribution < -0.4 is 0 Å². The average molecular weight is 399 g/mol. The molecule has 0 rings (SSSR count). The van der Waals surface area contributed by atoms with Crippen LogP contribution in [0.4, 0.5) is 0 Å². The summed E-state index contributed by atoms with van der Waals surface area (Å²) in [5.74, 6) is 0.663. The molecule has 0 aromatic carbocycles. The third-order valence-corrected chi connectivity index (χ3v) is 5.37. The molecule has 4 nitrogen and oxygen atoms in total. The van der Waals surface area contributed by atoms with E-state index in [9.17, 15) is 9.59 Å². The molecule has 3 unspecified atom stereocenters. The molecule has 0 N–H and O–H groups in total. The van der Waals surface area contributed by atoms with Crippen molar-refractivity contribution in [2.45, 2.75) is 101 Å². The standard InChI is InChI=1S/C24H46O4/c1-11-19(13-16(3)4)22(25)27-15-24(9,10)21(18(7)8)28-23(26)20(12-2)14-17(5)6/h16-21H,11-15H2,1-10H3. The van der Waals surface area contributed by atoms with Gasteiger partial charge in [0, 0.05) is 5.41 Å². The van der Waals surface area contributed by atoms with Crippen LogP contribution in [0.2, 0.25) is 0 Å². The highest BCUT2D eigenvalue weighted by atomic mass is 16.6. The Morgan fingerprint density at radius 1 is 0.786 bits per heavy atom. The van der Waals surface area contributed by atoms with E-state index in [1.54, 1.807) is 0 Å². The monoisotopic (exact) mass is 398 g/mol. The Morgan fingerprint density at radius 3 is 1.57 bits per heavy atom. The van der Waals surface area contributed by atoms with Crippen molar-refractivity contribution in [3.8, 4) is 0 Å². The van der Waals surface area contributed by atoms with E-state index in [-0.39, 0.29) is 42.4 Å². The van der Waals surface area contributed by atoms with E-state index in [4.69, 9.17) is 9.47 Å². The second kappa shape index (κ2) is 12.5. The highest BCUT2D eigenvalue weighted by Gasteiger charge is 2.38. The summed E-state index contributed by atoms with van der Waals surface area (Å²) in [4.78, 5) is 25.3. The molecule has 0 spiro atoms. The Balaban J connectivity index is 5.08. The molecule has 4 heteroatoms. The van der Waals surface area contributed by atoms with Crippen molar-refractivity contribution in [2.75, 3.05) is 6.61 Å². The number of carbonyl (C=O) groups is 2. The van der Waals surface area contributed by atoms with Crippen molar-refractivity contribution in [1.82, 2.24) is 0 Å². The maximum absolute atomic E-state index is 12.8. The van der Waals surface area contributed by atoms with Crippen LogP contribution in [0.5, 0.6) is 0 Å². The molecule has 0 aliphatic rings. The normalized spacial score (nSPS) is 15.6. The smallest absolute Gasteiger partial charge is 0.309 e. The Bertz CT molecular complexity index is 465. The lowest BCUT2D eigenvalue weighted by atomic mass is 9.81. The van der Waals surface area contributed by atoms with Gasteiger partial charge < -0.3 is 9.47 Å². The number of rotatable bonds is 13. The maximum Gasteiger partial charge on any atom is 0.309 e. The van der Waals surface area contributed by atoms with Crippen molar-refractivity contribution in [2.24, 2.45) is 35.0 Å². The van der Waals surface area contributed by atoms with Crippen LogP contribution in [0.25, 0.3) is 0 Å². The van der Waals surface area contributed by atoms with Gasteiger partial charge in [-0.05, 0) is 43.4 Å². The first-order valence-corrected chi connectivity index (χ1v) is 11.2. The molecule has 0 saturated heterocycles. The van der Waals surface area contributed by atoms with Crippen molar-refractivity contribution < 1.29 is 19.1 Å². The quantitative estimate of drug-likeness (QED) is 0.343. The fourth-order valence-corrected chi connectivity index (χ4v) is 3.87. The predicted octanol–water partition coefficient (Wildman–Crippen LogP) is 6.27. The maximum atomic E-state index is 12.8. The zero-order valence-corrected chi connectivity index (χ0v) is 20.1. The number of hydrogen-bond donors (Lipinski definition) is 0. The fourth-order valence-electron chi connectivity index (χ4n) is 3.87. The molecule has 0 fully saturated rings. The second-order valence-electron chi connectivity index (χ2n) is 10.2. The van der Waals surface area contributed by atoms with Gasteiger partial charge in [0.25, 0.3) is 0 Å². The Labute approximate surface area is 174 Å². The highest BCUT2D eigenvalue weighted by Crippen LogP contribution is 2.32. The lowest BCUT2D eigenvalue weighted by molar-refractivity contribution is -0.171. The van der Waals surface area contributed by atoms with E-state index in [2.05, 4.69) is 41.5 Å². The first-order chi connectivity index (χ1) is 12.8. The summed E-state index contributed by atoms with van der Waals surface area (Å²) in [6.07, 6.45) is 2.95. The Hall–Kier alpha value is -1.06. The van der Waals surface area contributed by atoms with Gasteiger partial charge in [0.1, 0.15) is 6.10 Å².